The van der Waals surface area contributed by atoms with E-state index >= 15 is 0 Å². The summed E-state index contributed by atoms with van der Waals surface area (Å²) in [6, 6.07) is 0. The van der Waals surface area contributed by atoms with Crippen LogP contribution < -0.4 is 51.4 Å². The van der Waals surface area contributed by atoms with Crippen LogP contribution in [0.1, 0.15) is 57.8 Å². The molecule has 0 rings (SSSR count). The van der Waals surface area contributed by atoms with Crippen LogP contribution in [-0.4, -0.2) is 43.1 Å². The van der Waals surface area contributed by atoms with Crippen LogP contribution in [0.3, 0.4) is 0 Å². The zero-order valence-corrected chi connectivity index (χ0v) is 18.0. The van der Waals surface area contributed by atoms with E-state index in [2.05, 4.69) is 6.58 Å². The fraction of sp³-hybridized carbons (Fsp3) is 0.800. The maximum Gasteiger partial charge on any atom is 1.00 e. The third-order valence-electron chi connectivity index (χ3n) is 3.36. The molecule has 0 aromatic heterocycles. The second-order valence-electron chi connectivity index (χ2n) is 5.38. The summed E-state index contributed by atoms with van der Waals surface area (Å²) in [6.07, 6.45) is 10.4. The van der Waals surface area contributed by atoms with Crippen LogP contribution in [0.2, 0.25) is 0 Å². The van der Waals surface area contributed by atoms with Gasteiger partial charge in [0.2, 0.25) is 5.91 Å². The van der Waals surface area contributed by atoms with E-state index in [9.17, 15) is 17.8 Å². The third kappa shape index (κ3) is 17.1. The van der Waals surface area contributed by atoms with Crippen molar-refractivity contribution < 1.29 is 69.1 Å². The van der Waals surface area contributed by atoms with E-state index in [4.69, 9.17) is 0 Å². The average Bonchev–Trinajstić information content (AvgIpc) is 2.40. The van der Waals surface area contributed by atoms with Crippen LogP contribution in [-0.2, 0) is 14.9 Å². The Kier molecular flexibility index (Phi) is 17.4. The van der Waals surface area contributed by atoms with E-state index in [-0.39, 0.29) is 63.7 Å². The second-order valence-corrected chi connectivity index (χ2v) is 6.90. The number of allylic oxidation sites excluding steroid dienone is 1. The van der Waals surface area contributed by atoms with Crippen molar-refractivity contribution in [1.29, 1.82) is 0 Å². The minimum absolute atomic E-state index is 0. The largest absolute Gasteiger partial charge is 1.00 e. The SMILES string of the molecule is C=CCCCCCCCCC(=O)N(C)CCCS(=O)(=O)[O-].[K+]. The van der Waals surface area contributed by atoms with Gasteiger partial charge in [0.1, 0.15) is 0 Å². The van der Waals surface area contributed by atoms with Gasteiger partial charge >= 0.3 is 51.4 Å². The molecule has 0 bridgehead atoms. The van der Waals surface area contributed by atoms with Gasteiger partial charge in [0.25, 0.3) is 0 Å². The van der Waals surface area contributed by atoms with Gasteiger partial charge in [0, 0.05) is 25.8 Å². The standard InChI is InChI=1S/C15H29NO4S.K/c1-3-4-5-6-7-8-9-10-12-15(17)16(2)13-11-14-21(18,19)20;/h3H,1,4-14H2,2H3,(H,18,19,20);/q;+1/p-1. The first-order chi connectivity index (χ1) is 9.87. The zero-order chi connectivity index (χ0) is 16.1. The van der Waals surface area contributed by atoms with E-state index in [1.54, 1.807) is 7.05 Å². The van der Waals surface area contributed by atoms with Gasteiger partial charge in [-0.15, -0.1) is 6.58 Å². The first-order valence-electron chi connectivity index (χ1n) is 7.65. The molecule has 7 heteroatoms. The van der Waals surface area contributed by atoms with E-state index in [0.717, 1.165) is 25.7 Å². The predicted octanol–water partition coefficient (Wildman–Crippen LogP) is -0.309. The maximum absolute atomic E-state index is 11.8. The van der Waals surface area contributed by atoms with Gasteiger partial charge in [-0.2, -0.15) is 0 Å². The summed E-state index contributed by atoms with van der Waals surface area (Å²) in [5.74, 6) is -0.389. The summed E-state index contributed by atoms with van der Waals surface area (Å²) < 4.78 is 31.4. The van der Waals surface area contributed by atoms with Gasteiger partial charge in [-0.1, -0.05) is 31.8 Å². The van der Waals surface area contributed by atoms with Gasteiger partial charge in [-0.3, -0.25) is 4.79 Å². The van der Waals surface area contributed by atoms with E-state index in [1.165, 1.54) is 24.2 Å². The van der Waals surface area contributed by atoms with Gasteiger partial charge < -0.3 is 9.45 Å². The van der Waals surface area contributed by atoms with Crippen molar-refractivity contribution in [2.75, 3.05) is 19.3 Å². The third-order valence-corrected chi connectivity index (χ3v) is 4.15. The molecule has 0 aromatic rings. The number of rotatable bonds is 13. The molecular formula is C15H28KNO4S. The predicted molar refractivity (Wildman–Crippen MR) is 84.0 cm³/mol. The van der Waals surface area contributed by atoms with Crippen molar-refractivity contribution in [3.05, 3.63) is 12.7 Å². The molecule has 124 valence electrons. The zero-order valence-electron chi connectivity index (χ0n) is 14.1. The molecule has 0 aromatic carbocycles. The number of unbranched alkanes of at least 4 members (excludes halogenated alkanes) is 6. The Hall–Kier alpha value is 0.756. The molecule has 0 heterocycles. The fourth-order valence-corrected chi connectivity index (χ4v) is 2.55. The number of carbonyl (C=O) groups is 1. The second kappa shape index (κ2) is 15.3. The van der Waals surface area contributed by atoms with Gasteiger partial charge in [-0.25, -0.2) is 8.42 Å². The van der Waals surface area contributed by atoms with Gasteiger partial charge in [0.15, 0.2) is 0 Å². The first kappa shape index (κ1) is 25.0. The Morgan fingerprint density at radius 3 is 2.18 bits per heavy atom. The van der Waals surface area contributed by atoms with Crippen LogP contribution >= 0.6 is 0 Å². The molecule has 0 unspecified atom stereocenters. The van der Waals surface area contributed by atoms with Crippen molar-refractivity contribution in [2.24, 2.45) is 0 Å². The first-order valence-corrected chi connectivity index (χ1v) is 9.23. The van der Waals surface area contributed by atoms with E-state index < -0.39 is 15.9 Å². The summed E-state index contributed by atoms with van der Waals surface area (Å²) in [4.78, 5) is 13.3. The molecule has 22 heavy (non-hydrogen) atoms. The van der Waals surface area contributed by atoms with Crippen molar-refractivity contribution in [3.63, 3.8) is 0 Å². The fourth-order valence-electron chi connectivity index (χ4n) is 2.07. The molecule has 0 saturated carbocycles. The summed E-state index contributed by atoms with van der Waals surface area (Å²) in [5, 5.41) is 0. The van der Waals surface area contributed by atoms with E-state index in [1.807, 2.05) is 6.08 Å². The molecule has 0 saturated heterocycles. The van der Waals surface area contributed by atoms with Crippen molar-refractivity contribution in [1.82, 2.24) is 4.90 Å². The Morgan fingerprint density at radius 1 is 1.09 bits per heavy atom. The molecular weight excluding hydrogens is 329 g/mol. The van der Waals surface area contributed by atoms with Crippen molar-refractivity contribution in [2.45, 2.75) is 57.8 Å². The van der Waals surface area contributed by atoms with Crippen LogP contribution in [0.25, 0.3) is 0 Å². The summed E-state index contributed by atoms with van der Waals surface area (Å²) >= 11 is 0. The Labute approximate surface area is 178 Å². The van der Waals surface area contributed by atoms with Gasteiger partial charge in [-0.05, 0) is 25.7 Å². The van der Waals surface area contributed by atoms with E-state index in [0.29, 0.717) is 13.0 Å². The smallest absolute Gasteiger partial charge is 0.748 e. The monoisotopic (exact) mass is 357 g/mol. The molecule has 0 fully saturated rings. The van der Waals surface area contributed by atoms with Crippen LogP contribution in [0, 0.1) is 0 Å². The molecule has 0 radical (unpaired) electrons. The van der Waals surface area contributed by atoms with Crippen molar-refractivity contribution in [3.8, 4) is 0 Å². The molecule has 0 atom stereocenters. The number of hydrogen-bond acceptors (Lipinski definition) is 4. The molecule has 0 aliphatic carbocycles. The average molecular weight is 358 g/mol. The molecule has 0 aliphatic heterocycles. The number of carbonyl (C=O) groups excluding carboxylic acids is 1. The maximum atomic E-state index is 11.8. The van der Waals surface area contributed by atoms with Crippen LogP contribution in [0.4, 0.5) is 0 Å². The van der Waals surface area contributed by atoms with Crippen LogP contribution in [0.5, 0.6) is 0 Å². The van der Waals surface area contributed by atoms with Crippen LogP contribution in [0.15, 0.2) is 12.7 Å². The molecule has 0 spiro atoms. The van der Waals surface area contributed by atoms with Crippen molar-refractivity contribution >= 4 is 16.0 Å². The number of hydrogen-bond donors (Lipinski definition) is 0. The Morgan fingerprint density at radius 2 is 1.64 bits per heavy atom. The Balaban J connectivity index is 0. The molecule has 5 nitrogen and oxygen atoms in total. The normalized spacial score (nSPS) is 10.8. The molecule has 0 N–H and O–H groups in total. The Bertz CT molecular complexity index is 398. The number of amides is 1. The topological polar surface area (TPSA) is 77.5 Å². The summed E-state index contributed by atoms with van der Waals surface area (Å²) in [7, 11) is -2.53. The minimum atomic E-state index is -4.17. The summed E-state index contributed by atoms with van der Waals surface area (Å²) in [5.41, 5.74) is 0. The number of nitrogens with zero attached hydrogens (tertiary/aromatic N) is 1. The van der Waals surface area contributed by atoms with Gasteiger partial charge in [0.05, 0.1) is 10.1 Å². The summed E-state index contributed by atoms with van der Waals surface area (Å²) in [6.45, 7) is 4.01. The minimum Gasteiger partial charge on any atom is -0.748 e. The quantitative estimate of drug-likeness (QED) is 0.196. The molecule has 0 aliphatic rings. The molecule has 1 amide bonds.